The zero-order valence-electron chi connectivity index (χ0n) is 11.4. The minimum atomic E-state index is -1.11. The topological polar surface area (TPSA) is 93.4 Å². The highest BCUT2D eigenvalue weighted by Gasteiger charge is 2.25. The quantitative estimate of drug-likeness (QED) is 0.840. The molecule has 0 saturated carbocycles. The van der Waals surface area contributed by atoms with Crippen LogP contribution in [0.1, 0.15) is 24.8 Å². The first-order chi connectivity index (χ1) is 9.49. The van der Waals surface area contributed by atoms with Gasteiger partial charge in [0.05, 0.1) is 12.0 Å². The molecule has 0 fully saturated rings. The van der Waals surface area contributed by atoms with Crippen molar-refractivity contribution in [1.29, 1.82) is 5.26 Å². The molecule has 0 saturated heterocycles. The molecule has 108 valence electrons. The number of rotatable bonds is 6. The smallest absolute Gasteiger partial charge is 0.331 e. The lowest BCUT2D eigenvalue weighted by molar-refractivity contribution is -0.139. The van der Waals surface area contributed by atoms with E-state index >= 15 is 0 Å². The van der Waals surface area contributed by atoms with E-state index in [1.54, 1.807) is 31.4 Å². The number of thiophene rings is 1. The molecule has 2 unspecified atom stereocenters. The maximum Gasteiger partial charge on any atom is 0.331 e. The van der Waals surface area contributed by atoms with Crippen LogP contribution in [0, 0.1) is 17.2 Å². The highest BCUT2D eigenvalue weighted by Crippen LogP contribution is 2.19. The van der Waals surface area contributed by atoms with Gasteiger partial charge in [0, 0.05) is 18.0 Å². The lowest BCUT2D eigenvalue weighted by Gasteiger charge is -2.24. The Kier molecular flexibility index (Phi) is 6.00. The van der Waals surface area contributed by atoms with Crippen LogP contribution in [0.15, 0.2) is 17.5 Å². The Labute approximate surface area is 121 Å². The van der Waals surface area contributed by atoms with E-state index in [0.717, 1.165) is 0 Å². The molecular formula is C13H17N3O3S. The number of carbonyl (C=O) groups is 2. The van der Waals surface area contributed by atoms with Gasteiger partial charge in [0.1, 0.15) is 0 Å². The summed E-state index contributed by atoms with van der Waals surface area (Å²) in [6.45, 7) is 4.18. The number of urea groups is 1. The molecule has 20 heavy (non-hydrogen) atoms. The Morgan fingerprint density at radius 2 is 2.30 bits per heavy atom. The van der Waals surface area contributed by atoms with Gasteiger partial charge >= 0.3 is 12.0 Å². The summed E-state index contributed by atoms with van der Waals surface area (Å²) in [4.78, 5) is 25.3. The van der Waals surface area contributed by atoms with E-state index in [0.29, 0.717) is 11.4 Å². The van der Waals surface area contributed by atoms with Crippen molar-refractivity contribution in [3.63, 3.8) is 0 Å². The SMILES string of the molecule is CCN(CC(C)C#N)C(=O)NC(C(=O)O)c1cccs1. The first kappa shape index (κ1) is 16.0. The summed E-state index contributed by atoms with van der Waals surface area (Å²) in [6, 6.07) is 3.91. The van der Waals surface area contributed by atoms with Gasteiger partial charge in [-0.2, -0.15) is 5.26 Å². The van der Waals surface area contributed by atoms with E-state index in [2.05, 4.69) is 11.4 Å². The third-order valence-electron chi connectivity index (χ3n) is 2.73. The lowest BCUT2D eigenvalue weighted by atomic mass is 10.2. The Balaban J connectivity index is 2.75. The molecule has 1 aromatic heterocycles. The predicted octanol–water partition coefficient (Wildman–Crippen LogP) is 2.06. The molecule has 0 aliphatic carbocycles. The molecule has 0 bridgehead atoms. The number of carbonyl (C=O) groups excluding carboxylic acids is 1. The number of carboxylic acids is 1. The Hall–Kier alpha value is -2.07. The molecule has 0 aromatic carbocycles. The second-order valence-corrected chi connectivity index (χ2v) is 5.28. The average molecular weight is 295 g/mol. The molecule has 0 radical (unpaired) electrons. The van der Waals surface area contributed by atoms with E-state index in [4.69, 9.17) is 5.26 Å². The van der Waals surface area contributed by atoms with E-state index in [-0.39, 0.29) is 12.5 Å². The van der Waals surface area contributed by atoms with Crippen molar-refractivity contribution in [3.8, 4) is 6.07 Å². The van der Waals surface area contributed by atoms with Gasteiger partial charge < -0.3 is 15.3 Å². The summed E-state index contributed by atoms with van der Waals surface area (Å²) in [7, 11) is 0. The van der Waals surface area contributed by atoms with Gasteiger partial charge in [-0.15, -0.1) is 11.3 Å². The van der Waals surface area contributed by atoms with Gasteiger partial charge in [0.15, 0.2) is 6.04 Å². The molecule has 7 heteroatoms. The highest BCUT2D eigenvalue weighted by molar-refractivity contribution is 7.10. The molecule has 2 atom stereocenters. The summed E-state index contributed by atoms with van der Waals surface area (Å²) in [5, 5.41) is 22.2. The summed E-state index contributed by atoms with van der Waals surface area (Å²) >= 11 is 1.27. The van der Waals surface area contributed by atoms with Crippen LogP contribution in [-0.4, -0.2) is 35.1 Å². The highest BCUT2D eigenvalue weighted by atomic mass is 32.1. The molecule has 2 N–H and O–H groups in total. The van der Waals surface area contributed by atoms with E-state index < -0.39 is 18.0 Å². The van der Waals surface area contributed by atoms with Crippen LogP contribution in [0.4, 0.5) is 4.79 Å². The lowest BCUT2D eigenvalue weighted by Crippen LogP contribution is -2.45. The molecule has 0 spiro atoms. The molecule has 0 aliphatic rings. The van der Waals surface area contributed by atoms with Crippen LogP contribution < -0.4 is 5.32 Å². The Morgan fingerprint density at radius 3 is 2.75 bits per heavy atom. The number of nitriles is 1. The molecule has 1 aromatic rings. The second-order valence-electron chi connectivity index (χ2n) is 4.30. The minimum absolute atomic E-state index is 0.273. The van der Waals surface area contributed by atoms with Gasteiger partial charge in [0.2, 0.25) is 0 Å². The summed E-state index contributed by atoms with van der Waals surface area (Å²) < 4.78 is 0. The van der Waals surface area contributed by atoms with Crippen LogP contribution in [-0.2, 0) is 4.79 Å². The number of carboxylic acid groups (broad SMARTS) is 1. The third-order valence-corrected chi connectivity index (χ3v) is 3.66. The fraction of sp³-hybridized carbons (Fsp3) is 0.462. The van der Waals surface area contributed by atoms with E-state index in [1.165, 1.54) is 16.2 Å². The molecule has 6 nitrogen and oxygen atoms in total. The van der Waals surface area contributed by atoms with Crippen molar-refractivity contribution in [2.45, 2.75) is 19.9 Å². The van der Waals surface area contributed by atoms with Crippen molar-refractivity contribution in [2.24, 2.45) is 5.92 Å². The number of nitrogens with one attached hydrogen (secondary N) is 1. The average Bonchev–Trinajstić information content (AvgIpc) is 2.94. The maximum absolute atomic E-state index is 12.1. The van der Waals surface area contributed by atoms with Crippen LogP contribution in [0.3, 0.4) is 0 Å². The number of aliphatic carboxylic acids is 1. The van der Waals surface area contributed by atoms with Gasteiger partial charge in [-0.05, 0) is 25.3 Å². The summed E-state index contributed by atoms with van der Waals surface area (Å²) in [5.41, 5.74) is 0. The Morgan fingerprint density at radius 1 is 1.60 bits per heavy atom. The summed E-state index contributed by atoms with van der Waals surface area (Å²) in [5.74, 6) is -1.41. The first-order valence-electron chi connectivity index (χ1n) is 6.20. The third kappa shape index (κ3) is 4.24. The first-order valence-corrected chi connectivity index (χ1v) is 7.08. The second kappa shape index (κ2) is 7.50. The largest absolute Gasteiger partial charge is 0.479 e. The number of hydrogen-bond donors (Lipinski definition) is 2. The van der Waals surface area contributed by atoms with Crippen molar-refractivity contribution < 1.29 is 14.7 Å². The maximum atomic E-state index is 12.1. The zero-order valence-corrected chi connectivity index (χ0v) is 12.2. The molecule has 1 heterocycles. The van der Waals surface area contributed by atoms with Gasteiger partial charge in [0.25, 0.3) is 0 Å². The fourth-order valence-corrected chi connectivity index (χ4v) is 2.42. The number of nitrogens with zero attached hydrogens (tertiary/aromatic N) is 2. The van der Waals surface area contributed by atoms with E-state index in [1.807, 2.05) is 0 Å². The number of amides is 2. The fourth-order valence-electron chi connectivity index (χ4n) is 1.65. The molecular weight excluding hydrogens is 278 g/mol. The summed E-state index contributed by atoms with van der Waals surface area (Å²) in [6.07, 6.45) is 0. The van der Waals surface area contributed by atoms with Crippen LogP contribution in [0.5, 0.6) is 0 Å². The van der Waals surface area contributed by atoms with Gasteiger partial charge in [-0.3, -0.25) is 0 Å². The van der Waals surface area contributed by atoms with Crippen molar-refractivity contribution >= 4 is 23.3 Å². The van der Waals surface area contributed by atoms with Crippen LogP contribution in [0.25, 0.3) is 0 Å². The van der Waals surface area contributed by atoms with Crippen LogP contribution in [0.2, 0.25) is 0 Å². The molecule has 0 aliphatic heterocycles. The molecule has 1 rings (SSSR count). The minimum Gasteiger partial charge on any atom is -0.479 e. The zero-order chi connectivity index (χ0) is 15.1. The standard InChI is InChI=1S/C13H17N3O3S/c1-3-16(8-9(2)7-14)13(19)15-11(12(17)18)10-5-4-6-20-10/h4-6,9,11H,3,8H2,1-2H3,(H,15,19)(H,17,18). The van der Waals surface area contributed by atoms with Crippen molar-refractivity contribution in [3.05, 3.63) is 22.4 Å². The van der Waals surface area contributed by atoms with Crippen molar-refractivity contribution in [2.75, 3.05) is 13.1 Å². The van der Waals surface area contributed by atoms with E-state index in [9.17, 15) is 14.7 Å². The normalized spacial score (nSPS) is 13.1. The van der Waals surface area contributed by atoms with Crippen LogP contribution >= 0.6 is 11.3 Å². The van der Waals surface area contributed by atoms with Gasteiger partial charge in [-0.25, -0.2) is 9.59 Å². The number of hydrogen-bond acceptors (Lipinski definition) is 4. The predicted molar refractivity (Wildman–Crippen MR) is 75.3 cm³/mol. The van der Waals surface area contributed by atoms with Crippen molar-refractivity contribution in [1.82, 2.24) is 10.2 Å². The molecule has 2 amide bonds. The Bertz CT molecular complexity index is 495. The monoisotopic (exact) mass is 295 g/mol. The van der Waals surface area contributed by atoms with Gasteiger partial charge in [-0.1, -0.05) is 6.07 Å².